The van der Waals surface area contributed by atoms with Gasteiger partial charge in [0.1, 0.15) is 11.6 Å². The molecular weight excluding hydrogens is 300 g/mol. The van der Waals surface area contributed by atoms with Gasteiger partial charge in [-0.05, 0) is 24.5 Å². The molecule has 1 aromatic heterocycles. The van der Waals surface area contributed by atoms with Gasteiger partial charge in [-0.3, -0.25) is 9.59 Å². The molecule has 1 amide bonds. The number of primary amides is 1. The van der Waals surface area contributed by atoms with E-state index in [0.29, 0.717) is 11.5 Å². The molecule has 1 saturated carbocycles. The fraction of sp³-hybridized carbons (Fsp3) is 0.312. The Labute approximate surface area is 132 Å². The monoisotopic (exact) mass is 316 g/mol. The van der Waals surface area contributed by atoms with Gasteiger partial charge in [0.15, 0.2) is 0 Å². The van der Waals surface area contributed by atoms with Crippen molar-refractivity contribution in [2.24, 2.45) is 17.6 Å². The molecule has 0 saturated heterocycles. The van der Waals surface area contributed by atoms with E-state index in [0.717, 1.165) is 22.7 Å². The number of carbonyl (C=O) groups is 2. The van der Waals surface area contributed by atoms with Crippen molar-refractivity contribution in [3.05, 3.63) is 40.9 Å². The molecule has 0 radical (unpaired) electrons. The number of benzene rings is 1. The van der Waals surface area contributed by atoms with Crippen LogP contribution in [0.4, 0.5) is 0 Å². The summed E-state index contributed by atoms with van der Waals surface area (Å²) >= 11 is 1.47. The van der Waals surface area contributed by atoms with Crippen molar-refractivity contribution in [1.29, 1.82) is 0 Å². The number of hydrogen-bond acceptors (Lipinski definition) is 5. The zero-order chi connectivity index (χ0) is 15.7. The van der Waals surface area contributed by atoms with Crippen LogP contribution in [-0.2, 0) is 16.1 Å². The van der Waals surface area contributed by atoms with Crippen molar-refractivity contribution >= 4 is 23.2 Å². The number of nitrogens with two attached hydrogens (primary N) is 1. The molecule has 0 bridgehead atoms. The summed E-state index contributed by atoms with van der Waals surface area (Å²) in [6.07, 6.45) is 0.924. The molecule has 0 spiro atoms. The second-order valence-corrected chi connectivity index (χ2v) is 6.37. The van der Waals surface area contributed by atoms with Crippen LogP contribution in [0.3, 0.4) is 0 Å². The number of ether oxygens (including phenoxy) is 1. The van der Waals surface area contributed by atoms with E-state index in [-0.39, 0.29) is 18.5 Å². The van der Waals surface area contributed by atoms with Crippen molar-refractivity contribution in [2.45, 2.75) is 20.0 Å². The van der Waals surface area contributed by atoms with E-state index in [1.165, 1.54) is 11.3 Å². The number of hydrogen-bond donors (Lipinski definition) is 1. The molecule has 1 aromatic carbocycles. The highest BCUT2D eigenvalue weighted by Gasteiger charge is 2.40. The van der Waals surface area contributed by atoms with Gasteiger partial charge < -0.3 is 10.5 Å². The van der Waals surface area contributed by atoms with Crippen LogP contribution in [0, 0.1) is 11.8 Å². The maximum absolute atomic E-state index is 11.7. The summed E-state index contributed by atoms with van der Waals surface area (Å²) in [6.45, 7) is 2.25. The van der Waals surface area contributed by atoms with Crippen LogP contribution in [0.1, 0.15) is 29.4 Å². The topological polar surface area (TPSA) is 82.3 Å². The first-order valence-corrected chi connectivity index (χ1v) is 7.94. The average Bonchev–Trinajstić information content (AvgIpc) is 3.06. The van der Waals surface area contributed by atoms with Crippen LogP contribution in [0.5, 0.6) is 0 Å². The number of esters is 1. The number of nitrogens with zero attached hydrogens (tertiary/aromatic N) is 1. The van der Waals surface area contributed by atoms with Gasteiger partial charge in [-0.1, -0.05) is 19.1 Å². The van der Waals surface area contributed by atoms with Crippen LogP contribution in [0.2, 0.25) is 0 Å². The van der Waals surface area contributed by atoms with Crippen LogP contribution in [-0.4, -0.2) is 16.9 Å². The van der Waals surface area contributed by atoms with Crippen molar-refractivity contribution in [3.63, 3.8) is 0 Å². The highest BCUT2D eigenvalue weighted by molar-refractivity contribution is 7.13. The molecule has 114 valence electrons. The minimum atomic E-state index is -0.451. The van der Waals surface area contributed by atoms with Crippen LogP contribution < -0.4 is 5.73 Å². The molecule has 1 aliphatic rings. The number of amides is 1. The van der Waals surface area contributed by atoms with E-state index in [2.05, 4.69) is 4.98 Å². The Morgan fingerprint density at radius 2 is 2.05 bits per heavy atom. The first-order chi connectivity index (χ1) is 10.5. The van der Waals surface area contributed by atoms with Crippen LogP contribution in [0.15, 0.2) is 29.6 Å². The third-order valence-electron chi connectivity index (χ3n) is 3.74. The lowest BCUT2D eigenvalue weighted by molar-refractivity contribution is -0.146. The SMILES string of the molecule is C[C@H]1C[C@H]1C(=O)OCc1csc(-c2ccc(C(N)=O)cc2)n1. The highest BCUT2D eigenvalue weighted by atomic mass is 32.1. The maximum atomic E-state index is 11.7. The number of carbonyl (C=O) groups excluding carboxylic acids is 2. The van der Waals surface area contributed by atoms with Crippen molar-refractivity contribution in [2.75, 3.05) is 0 Å². The first-order valence-electron chi connectivity index (χ1n) is 7.06. The van der Waals surface area contributed by atoms with Gasteiger partial charge in [-0.2, -0.15) is 0 Å². The molecule has 3 rings (SSSR count). The fourth-order valence-electron chi connectivity index (χ4n) is 2.19. The van der Waals surface area contributed by atoms with Crippen LogP contribution >= 0.6 is 11.3 Å². The zero-order valence-electron chi connectivity index (χ0n) is 12.1. The lowest BCUT2D eigenvalue weighted by Crippen LogP contribution is -2.10. The lowest BCUT2D eigenvalue weighted by atomic mass is 10.1. The van der Waals surface area contributed by atoms with Gasteiger partial charge in [0.05, 0.1) is 11.6 Å². The van der Waals surface area contributed by atoms with Gasteiger partial charge in [0.25, 0.3) is 0 Å². The predicted molar refractivity (Wildman–Crippen MR) is 83.1 cm³/mol. The van der Waals surface area contributed by atoms with E-state index in [1.807, 2.05) is 12.3 Å². The molecule has 2 aromatic rings. The average molecular weight is 316 g/mol. The second-order valence-electron chi connectivity index (χ2n) is 5.51. The minimum Gasteiger partial charge on any atom is -0.459 e. The highest BCUT2D eigenvalue weighted by Crippen LogP contribution is 2.38. The molecule has 6 heteroatoms. The van der Waals surface area contributed by atoms with Gasteiger partial charge in [-0.25, -0.2) is 4.98 Å². The minimum absolute atomic E-state index is 0.0689. The van der Waals surface area contributed by atoms with Crippen molar-refractivity contribution < 1.29 is 14.3 Å². The van der Waals surface area contributed by atoms with E-state index in [9.17, 15) is 9.59 Å². The summed E-state index contributed by atoms with van der Waals surface area (Å²) in [4.78, 5) is 27.2. The molecule has 1 fully saturated rings. The Hall–Kier alpha value is -2.21. The summed E-state index contributed by atoms with van der Waals surface area (Å²) in [6, 6.07) is 6.96. The van der Waals surface area contributed by atoms with Gasteiger partial charge in [-0.15, -0.1) is 11.3 Å². The largest absolute Gasteiger partial charge is 0.459 e. The molecule has 2 N–H and O–H groups in total. The fourth-order valence-corrected chi connectivity index (χ4v) is 3.00. The Kier molecular flexibility index (Phi) is 3.94. The standard InChI is InChI=1S/C16H16N2O3S/c1-9-6-13(9)16(20)21-7-12-8-22-15(18-12)11-4-2-10(3-5-11)14(17)19/h2-5,8-9,13H,6-7H2,1H3,(H2,17,19)/t9-,13+/m0/s1. The third-order valence-corrected chi connectivity index (χ3v) is 4.68. The first kappa shape index (κ1) is 14.7. The molecule has 2 atom stereocenters. The smallest absolute Gasteiger partial charge is 0.309 e. The Bertz CT molecular complexity index is 708. The van der Waals surface area contributed by atoms with E-state index in [4.69, 9.17) is 10.5 Å². The van der Waals surface area contributed by atoms with E-state index >= 15 is 0 Å². The number of thiazole rings is 1. The summed E-state index contributed by atoms with van der Waals surface area (Å²) in [5.74, 6) is -0.0674. The van der Waals surface area contributed by atoms with Gasteiger partial charge in [0, 0.05) is 16.5 Å². The normalized spacial score (nSPS) is 19.7. The summed E-state index contributed by atoms with van der Waals surface area (Å²) < 4.78 is 5.27. The third kappa shape index (κ3) is 3.17. The maximum Gasteiger partial charge on any atom is 0.309 e. The Balaban J connectivity index is 1.63. The Morgan fingerprint density at radius 1 is 1.36 bits per heavy atom. The van der Waals surface area contributed by atoms with Gasteiger partial charge in [0.2, 0.25) is 5.91 Å². The summed E-state index contributed by atoms with van der Waals surface area (Å²) in [5.41, 5.74) is 7.32. The predicted octanol–water partition coefficient (Wildman–Crippen LogP) is 2.61. The van der Waals surface area contributed by atoms with Crippen molar-refractivity contribution in [1.82, 2.24) is 4.98 Å². The number of rotatable bonds is 5. The quantitative estimate of drug-likeness (QED) is 0.860. The summed E-state index contributed by atoms with van der Waals surface area (Å²) in [5, 5.41) is 2.70. The van der Waals surface area contributed by atoms with Crippen molar-refractivity contribution in [3.8, 4) is 10.6 Å². The zero-order valence-corrected chi connectivity index (χ0v) is 12.9. The van der Waals surface area contributed by atoms with E-state index in [1.54, 1.807) is 24.3 Å². The lowest BCUT2D eigenvalue weighted by Gasteiger charge is -2.01. The molecule has 1 aliphatic carbocycles. The molecular formula is C16H16N2O3S. The van der Waals surface area contributed by atoms with Gasteiger partial charge >= 0.3 is 5.97 Å². The summed E-state index contributed by atoms with van der Waals surface area (Å²) in [7, 11) is 0. The molecule has 1 heterocycles. The molecule has 0 aliphatic heterocycles. The Morgan fingerprint density at radius 3 is 2.64 bits per heavy atom. The van der Waals surface area contributed by atoms with Crippen LogP contribution in [0.25, 0.3) is 10.6 Å². The molecule has 22 heavy (non-hydrogen) atoms. The second kappa shape index (κ2) is 5.88. The molecule has 5 nitrogen and oxygen atoms in total. The number of aromatic nitrogens is 1. The molecule has 0 unspecified atom stereocenters. The van der Waals surface area contributed by atoms with E-state index < -0.39 is 5.91 Å².